The Balaban J connectivity index is 2.38. The second-order valence-corrected chi connectivity index (χ2v) is 7.58. The predicted molar refractivity (Wildman–Crippen MR) is 82.8 cm³/mol. The van der Waals surface area contributed by atoms with E-state index < -0.39 is 10.0 Å². The van der Waals surface area contributed by atoms with Gasteiger partial charge in [0.1, 0.15) is 0 Å². The van der Waals surface area contributed by atoms with Gasteiger partial charge in [0.25, 0.3) is 0 Å². The smallest absolute Gasteiger partial charge is 0.207 e. The van der Waals surface area contributed by atoms with Crippen molar-refractivity contribution in [3.63, 3.8) is 0 Å². The molecule has 0 unspecified atom stereocenters. The molecule has 0 amide bonds. The molecule has 0 spiro atoms. The number of nitrogens with zero attached hydrogens (tertiary/aromatic N) is 1. The summed E-state index contributed by atoms with van der Waals surface area (Å²) < 4.78 is 27.0. The molecular formula is C14H17Cl2NO2S. The molecule has 1 aliphatic carbocycles. The lowest BCUT2D eigenvalue weighted by atomic mass is 10.2. The second-order valence-electron chi connectivity index (χ2n) is 4.88. The average molecular weight is 334 g/mol. The van der Waals surface area contributed by atoms with Crippen LogP contribution in [-0.4, -0.2) is 25.3 Å². The first-order chi connectivity index (χ1) is 9.46. The summed E-state index contributed by atoms with van der Waals surface area (Å²) in [5.41, 5.74) is 0. The quantitative estimate of drug-likeness (QED) is 0.760. The Bertz CT molecular complexity index is 595. The summed E-state index contributed by atoms with van der Waals surface area (Å²) in [6.07, 6.45) is 5.54. The van der Waals surface area contributed by atoms with Crippen LogP contribution in [0.4, 0.5) is 0 Å². The Kier molecular flexibility index (Phi) is 5.13. The van der Waals surface area contributed by atoms with Crippen LogP contribution in [0, 0.1) is 0 Å². The van der Waals surface area contributed by atoms with Crippen molar-refractivity contribution in [1.82, 2.24) is 4.31 Å². The minimum Gasteiger partial charge on any atom is -0.207 e. The van der Waals surface area contributed by atoms with Crippen LogP contribution in [0.2, 0.25) is 10.0 Å². The fraction of sp³-hybridized carbons (Fsp3) is 0.429. The van der Waals surface area contributed by atoms with Gasteiger partial charge < -0.3 is 0 Å². The number of halogens is 2. The highest BCUT2D eigenvalue weighted by atomic mass is 35.5. The lowest BCUT2D eigenvalue weighted by Crippen LogP contribution is -2.38. The van der Waals surface area contributed by atoms with E-state index in [0.29, 0.717) is 11.6 Å². The zero-order chi connectivity index (χ0) is 14.8. The predicted octanol–water partition coefficient (Wildman–Crippen LogP) is 4.11. The zero-order valence-electron chi connectivity index (χ0n) is 11.1. The Morgan fingerprint density at radius 1 is 1.25 bits per heavy atom. The summed E-state index contributed by atoms with van der Waals surface area (Å²) in [6.45, 7) is 3.97. The first-order valence-corrected chi connectivity index (χ1v) is 8.74. The molecule has 20 heavy (non-hydrogen) atoms. The number of hydrogen-bond acceptors (Lipinski definition) is 2. The number of hydrogen-bond donors (Lipinski definition) is 0. The van der Waals surface area contributed by atoms with Gasteiger partial charge in [-0.2, -0.15) is 4.31 Å². The molecule has 0 bridgehead atoms. The fourth-order valence-corrected chi connectivity index (χ4v) is 4.58. The van der Waals surface area contributed by atoms with E-state index in [9.17, 15) is 8.42 Å². The van der Waals surface area contributed by atoms with Crippen molar-refractivity contribution < 1.29 is 8.42 Å². The van der Waals surface area contributed by atoms with Gasteiger partial charge in [0.2, 0.25) is 10.0 Å². The van der Waals surface area contributed by atoms with Crippen molar-refractivity contribution >= 4 is 33.2 Å². The zero-order valence-corrected chi connectivity index (χ0v) is 13.4. The van der Waals surface area contributed by atoms with E-state index in [1.54, 1.807) is 6.08 Å². The van der Waals surface area contributed by atoms with Crippen molar-refractivity contribution in [2.45, 2.75) is 36.6 Å². The van der Waals surface area contributed by atoms with Gasteiger partial charge in [0.05, 0.1) is 14.9 Å². The maximum atomic E-state index is 12.7. The van der Waals surface area contributed by atoms with Crippen LogP contribution in [0.1, 0.15) is 25.7 Å². The largest absolute Gasteiger partial charge is 0.243 e. The Hall–Kier alpha value is -0.550. The van der Waals surface area contributed by atoms with Crippen LogP contribution in [0.15, 0.2) is 35.7 Å². The van der Waals surface area contributed by atoms with Gasteiger partial charge in [-0.05, 0) is 31.0 Å². The molecule has 0 N–H and O–H groups in total. The van der Waals surface area contributed by atoms with E-state index in [-0.39, 0.29) is 16.0 Å². The van der Waals surface area contributed by atoms with Crippen molar-refractivity contribution in [3.05, 3.63) is 40.9 Å². The molecule has 1 aromatic rings. The summed E-state index contributed by atoms with van der Waals surface area (Å²) in [6, 6.07) is 4.46. The molecule has 0 aliphatic heterocycles. The van der Waals surface area contributed by atoms with Gasteiger partial charge in [0, 0.05) is 12.6 Å². The molecular weight excluding hydrogens is 317 g/mol. The van der Waals surface area contributed by atoms with Gasteiger partial charge >= 0.3 is 0 Å². The van der Waals surface area contributed by atoms with Crippen molar-refractivity contribution in [3.8, 4) is 0 Å². The van der Waals surface area contributed by atoms with E-state index >= 15 is 0 Å². The van der Waals surface area contributed by atoms with E-state index in [4.69, 9.17) is 23.2 Å². The van der Waals surface area contributed by atoms with Crippen LogP contribution < -0.4 is 0 Å². The van der Waals surface area contributed by atoms with Gasteiger partial charge in [-0.15, -0.1) is 6.58 Å². The van der Waals surface area contributed by atoms with E-state index in [2.05, 4.69) is 6.58 Å². The Morgan fingerprint density at radius 3 is 2.45 bits per heavy atom. The fourth-order valence-electron chi connectivity index (χ4n) is 2.54. The molecule has 6 heteroatoms. The highest BCUT2D eigenvalue weighted by Crippen LogP contribution is 2.31. The van der Waals surface area contributed by atoms with E-state index in [1.165, 1.54) is 22.5 Å². The molecule has 0 saturated heterocycles. The van der Waals surface area contributed by atoms with Crippen molar-refractivity contribution in [1.29, 1.82) is 0 Å². The molecule has 1 saturated carbocycles. The molecule has 3 nitrogen and oxygen atoms in total. The SMILES string of the molecule is C=CCN(C1CCCC1)S(=O)(=O)c1ccc(Cl)c(Cl)c1. The third kappa shape index (κ3) is 3.19. The van der Waals surface area contributed by atoms with Crippen LogP contribution in [-0.2, 0) is 10.0 Å². The summed E-state index contributed by atoms with van der Waals surface area (Å²) in [5.74, 6) is 0. The number of rotatable bonds is 5. The standard InChI is InChI=1S/C14H17Cl2NO2S/c1-2-9-17(11-5-3-4-6-11)20(18,19)12-7-8-13(15)14(16)10-12/h2,7-8,10-11H,1,3-6,9H2. The molecule has 1 aliphatic rings. The summed E-state index contributed by atoms with van der Waals surface area (Å²) >= 11 is 11.8. The first-order valence-electron chi connectivity index (χ1n) is 6.54. The van der Waals surface area contributed by atoms with Gasteiger partial charge in [-0.25, -0.2) is 8.42 Å². The first kappa shape index (κ1) is 15.8. The van der Waals surface area contributed by atoms with Crippen LogP contribution in [0.5, 0.6) is 0 Å². The maximum absolute atomic E-state index is 12.7. The highest BCUT2D eigenvalue weighted by Gasteiger charge is 2.32. The Labute approximate surface area is 130 Å². The third-order valence-corrected chi connectivity index (χ3v) is 6.19. The third-order valence-electron chi connectivity index (χ3n) is 3.54. The van der Waals surface area contributed by atoms with Crippen molar-refractivity contribution in [2.24, 2.45) is 0 Å². The van der Waals surface area contributed by atoms with Gasteiger partial charge in [-0.3, -0.25) is 0 Å². The topological polar surface area (TPSA) is 37.4 Å². The van der Waals surface area contributed by atoms with Crippen LogP contribution >= 0.6 is 23.2 Å². The minimum atomic E-state index is -3.57. The average Bonchev–Trinajstić information content (AvgIpc) is 2.92. The van der Waals surface area contributed by atoms with Crippen LogP contribution in [0.3, 0.4) is 0 Å². The monoisotopic (exact) mass is 333 g/mol. The minimum absolute atomic E-state index is 0.0486. The molecule has 2 rings (SSSR count). The molecule has 0 aromatic heterocycles. The van der Waals surface area contributed by atoms with Crippen molar-refractivity contribution in [2.75, 3.05) is 6.54 Å². The van der Waals surface area contributed by atoms with E-state index in [0.717, 1.165) is 25.7 Å². The maximum Gasteiger partial charge on any atom is 0.243 e. The molecule has 0 heterocycles. The highest BCUT2D eigenvalue weighted by molar-refractivity contribution is 7.89. The number of sulfonamides is 1. The molecule has 1 fully saturated rings. The normalized spacial score (nSPS) is 16.8. The lowest BCUT2D eigenvalue weighted by Gasteiger charge is -2.27. The summed E-state index contributed by atoms with van der Waals surface area (Å²) in [4.78, 5) is 0.181. The summed E-state index contributed by atoms with van der Waals surface area (Å²) in [5, 5.41) is 0.597. The summed E-state index contributed by atoms with van der Waals surface area (Å²) in [7, 11) is -3.57. The molecule has 0 radical (unpaired) electrons. The molecule has 110 valence electrons. The van der Waals surface area contributed by atoms with Gasteiger partial charge in [0.15, 0.2) is 0 Å². The van der Waals surface area contributed by atoms with Gasteiger partial charge in [-0.1, -0.05) is 42.1 Å². The Morgan fingerprint density at radius 2 is 1.90 bits per heavy atom. The van der Waals surface area contributed by atoms with Crippen LogP contribution in [0.25, 0.3) is 0 Å². The second kappa shape index (κ2) is 6.48. The molecule has 0 atom stereocenters. The van der Waals surface area contributed by atoms with E-state index in [1.807, 2.05) is 0 Å². The number of benzene rings is 1. The molecule has 1 aromatic carbocycles. The lowest BCUT2D eigenvalue weighted by molar-refractivity contribution is 0.347.